The number of fused-ring (bicyclic) bond motifs is 1. The number of alkyl halides is 3. The Morgan fingerprint density at radius 1 is 1.12 bits per heavy atom. The van der Waals surface area contributed by atoms with Crippen molar-refractivity contribution < 1.29 is 46.7 Å². The number of likely N-dealkylation sites (N-methyl/N-ethyl adjacent to an activating group) is 1. The number of halogens is 4. The average Bonchev–Trinajstić information content (AvgIpc) is 3.25. The summed E-state index contributed by atoms with van der Waals surface area (Å²) in [6.45, 7) is 0.956. The highest BCUT2D eigenvalue weighted by Gasteiger charge is 2.50. The fourth-order valence-electron chi connectivity index (χ4n) is 5.48. The molecule has 4 rings (SSSR count). The molecule has 224 valence electrons. The van der Waals surface area contributed by atoms with Crippen LogP contribution in [0.1, 0.15) is 31.2 Å². The first kappa shape index (κ1) is 31.4. The Morgan fingerprint density at radius 3 is 2.37 bits per heavy atom. The Balaban J connectivity index is 0.000000587. The van der Waals surface area contributed by atoms with E-state index >= 15 is 0 Å². The molecule has 1 heterocycles. The highest BCUT2D eigenvalue weighted by atomic mass is 19.4. The maximum Gasteiger partial charge on any atom is 0.490 e. The third-order valence-electron chi connectivity index (χ3n) is 7.46. The van der Waals surface area contributed by atoms with Gasteiger partial charge >= 0.3 is 23.9 Å². The largest absolute Gasteiger partial charge is 0.493 e. The van der Waals surface area contributed by atoms with E-state index in [4.69, 9.17) is 19.4 Å². The molecule has 1 saturated heterocycles. The van der Waals surface area contributed by atoms with Crippen LogP contribution in [0.4, 0.5) is 33.7 Å². The summed E-state index contributed by atoms with van der Waals surface area (Å²) in [5.41, 5.74) is 0.656. The molecule has 0 spiro atoms. The normalized spacial score (nSPS) is 22.0. The van der Waals surface area contributed by atoms with Crippen molar-refractivity contribution in [1.29, 1.82) is 0 Å². The average molecular weight is 587 g/mol. The van der Waals surface area contributed by atoms with Crippen LogP contribution in [0.25, 0.3) is 0 Å². The molecule has 1 aliphatic carbocycles. The van der Waals surface area contributed by atoms with Gasteiger partial charge in [-0.1, -0.05) is 6.07 Å². The van der Waals surface area contributed by atoms with Crippen LogP contribution in [0, 0.1) is 15.9 Å². The van der Waals surface area contributed by atoms with Crippen molar-refractivity contribution in [1.82, 2.24) is 10.2 Å². The summed E-state index contributed by atoms with van der Waals surface area (Å²) in [7, 11) is 5.36. The summed E-state index contributed by atoms with van der Waals surface area (Å²) in [6.07, 6.45) is -1.62. The minimum Gasteiger partial charge on any atom is -0.493 e. The number of rotatable bonds is 6. The van der Waals surface area contributed by atoms with Gasteiger partial charge in [-0.25, -0.2) is 9.59 Å². The fraction of sp³-hybridized carbons (Fsp3) is 0.462. The Kier molecular flexibility index (Phi) is 9.63. The van der Waals surface area contributed by atoms with Gasteiger partial charge in [0.1, 0.15) is 0 Å². The molecular weight excluding hydrogens is 556 g/mol. The number of carbonyl (C=O) groups excluding carboxylic acids is 1. The Hall–Kier alpha value is -4.14. The summed E-state index contributed by atoms with van der Waals surface area (Å²) < 4.78 is 56.2. The van der Waals surface area contributed by atoms with Gasteiger partial charge in [0.25, 0.3) is 0 Å². The molecule has 3 atom stereocenters. The molecule has 2 aromatic carbocycles. The first-order chi connectivity index (χ1) is 19.2. The lowest BCUT2D eigenvalue weighted by Crippen LogP contribution is -2.52. The van der Waals surface area contributed by atoms with Gasteiger partial charge in [0.2, 0.25) is 5.82 Å². The van der Waals surface area contributed by atoms with Crippen LogP contribution in [-0.4, -0.2) is 73.0 Å². The number of hydrogen-bond donors (Lipinski definition) is 3. The molecule has 2 amide bonds. The van der Waals surface area contributed by atoms with Gasteiger partial charge in [-0.05, 0) is 69.1 Å². The number of methoxy groups -OCH3 is 2. The van der Waals surface area contributed by atoms with E-state index < -0.39 is 34.6 Å². The topological polar surface area (TPSA) is 143 Å². The van der Waals surface area contributed by atoms with Gasteiger partial charge in [-0.3, -0.25) is 10.1 Å². The Bertz CT molecular complexity index is 1290. The molecule has 1 saturated carbocycles. The number of nitrogens with zero attached hydrogens (tertiary/aromatic N) is 2. The number of anilines is 1. The van der Waals surface area contributed by atoms with Gasteiger partial charge in [-0.2, -0.15) is 17.6 Å². The number of hydrogen-bond acceptors (Lipinski definition) is 7. The number of nitro benzene ring substituents is 1. The number of benzene rings is 2. The first-order valence-corrected chi connectivity index (χ1v) is 12.5. The third kappa shape index (κ3) is 7.14. The van der Waals surface area contributed by atoms with Gasteiger partial charge in [-0.15, -0.1) is 0 Å². The second-order valence-electron chi connectivity index (χ2n) is 9.77. The van der Waals surface area contributed by atoms with Gasteiger partial charge < -0.3 is 30.1 Å². The highest BCUT2D eigenvalue weighted by Crippen LogP contribution is 2.49. The number of carbonyl (C=O) groups is 2. The van der Waals surface area contributed by atoms with Crippen LogP contribution in [0.2, 0.25) is 0 Å². The maximum absolute atomic E-state index is 13.6. The molecule has 15 heteroatoms. The van der Waals surface area contributed by atoms with Crippen molar-refractivity contribution in [2.45, 2.75) is 49.4 Å². The van der Waals surface area contributed by atoms with Crippen LogP contribution in [0.15, 0.2) is 36.4 Å². The van der Waals surface area contributed by atoms with E-state index in [9.17, 15) is 32.5 Å². The smallest absolute Gasteiger partial charge is 0.490 e. The number of likely N-dealkylation sites (tertiary alicyclic amines) is 1. The molecule has 2 aromatic rings. The summed E-state index contributed by atoms with van der Waals surface area (Å²) in [5.74, 6) is -2.30. The van der Waals surface area contributed by atoms with Crippen molar-refractivity contribution in [3.8, 4) is 11.5 Å². The van der Waals surface area contributed by atoms with Gasteiger partial charge in [0.15, 0.2) is 11.5 Å². The zero-order valence-electron chi connectivity index (χ0n) is 22.5. The van der Waals surface area contributed by atoms with E-state index in [2.05, 4.69) is 34.7 Å². The molecule has 11 nitrogen and oxygen atoms in total. The number of carboxylic acid groups (broad SMARTS) is 1. The number of nitrogens with one attached hydrogen (secondary N) is 2. The quantitative estimate of drug-likeness (QED) is 0.251. The van der Waals surface area contributed by atoms with Crippen molar-refractivity contribution in [3.05, 3.63) is 57.9 Å². The lowest BCUT2D eigenvalue weighted by atomic mass is 9.65. The summed E-state index contributed by atoms with van der Waals surface area (Å²) in [6, 6.07) is 9.11. The van der Waals surface area contributed by atoms with E-state index in [0.29, 0.717) is 11.5 Å². The molecule has 2 aliphatic rings. The fourth-order valence-corrected chi connectivity index (χ4v) is 5.48. The minimum atomic E-state index is -5.08. The standard InChI is InChI=1S/C24H29FN4O5.C2HF3O2/c1-28-11-10-24(15-4-7-20(33-2)21(12-15)34-3)9-8-17(14-22(24)28)27-23(30)26-16-5-6-18(25)19(13-16)29(31)32;3-2(4,5)1(6)7/h4-7,12-13,17,22H,8-11,14H2,1-3H3,(H2,26,27,30);(H,6,7). The molecule has 3 N–H and O–H groups in total. The number of ether oxygens (including phenoxy) is 2. The molecule has 3 unspecified atom stereocenters. The molecule has 41 heavy (non-hydrogen) atoms. The van der Waals surface area contributed by atoms with E-state index in [-0.39, 0.29) is 23.2 Å². The predicted octanol–water partition coefficient (Wildman–Crippen LogP) is 4.70. The lowest BCUT2D eigenvalue weighted by Gasteiger charge is -2.45. The Labute approximate surface area is 232 Å². The van der Waals surface area contributed by atoms with Crippen LogP contribution in [0.5, 0.6) is 11.5 Å². The first-order valence-electron chi connectivity index (χ1n) is 12.5. The SMILES string of the molecule is COc1ccc(C23CCC(NC(=O)Nc4ccc(F)c([N+](=O)[O-])c4)CC2N(C)CC3)cc1OC.O=C(O)C(F)(F)F. The predicted molar refractivity (Wildman–Crippen MR) is 139 cm³/mol. The second kappa shape index (κ2) is 12.6. The monoisotopic (exact) mass is 586 g/mol. The number of urea groups is 1. The zero-order chi connectivity index (χ0) is 30.5. The Morgan fingerprint density at radius 2 is 1.78 bits per heavy atom. The third-order valence-corrected chi connectivity index (χ3v) is 7.46. The number of amides is 2. The number of nitro groups is 1. The second-order valence-corrected chi connectivity index (χ2v) is 9.77. The molecule has 0 radical (unpaired) electrons. The summed E-state index contributed by atoms with van der Waals surface area (Å²) in [4.78, 5) is 34.0. The van der Waals surface area contributed by atoms with Crippen LogP contribution < -0.4 is 20.1 Å². The van der Waals surface area contributed by atoms with Gasteiger partial charge in [0.05, 0.1) is 19.1 Å². The van der Waals surface area contributed by atoms with E-state index in [1.807, 2.05) is 6.07 Å². The van der Waals surface area contributed by atoms with E-state index in [0.717, 1.165) is 44.4 Å². The van der Waals surface area contributed by atoms with E-state index in [1.54, 1.807) is 14.2 Å². The maximum atomic E-state index is 13.6. The van der Waals surface area contributed by atoms with Crippen LogP contribution in [0.3, 0.4) is 0 Å². The molecular formula is C26H30F4N4O7. The summed E-state index contributed by atoms with van der Waals surface area (Å²) in [5, 5.41) is 23.7. The number of carboxylic acids is 1. The molecule has 0 aromatic heterocycles. The zero-order valence-corrected chi connectivity index (χ0v) is 22.5. The summed E-state index contributed by atoms with van der Waals surface area (Å²) >= 11 is 0. The molecule has 1 aliphatic heterocycles. The highest BCUT2D eigenvalue weighted by molar-refractivity contribution is 5.89. The van der Waals surface area contributed by atoms with Crippen molar-refractivity contribution in [2.24, 2.45) is 0 Å². The number of aliphatic carboxylic acids is 1. The van der Waals surface area contributed by atoms with Crippen LogP contribution >= 0.6 is 0 Å². The van der Waals surface area contributed by atoms with Crippen molar-refractivity contribution in [2.75, 3.05) is 33.1 Å². The molecule has 0 bridgehead atoms. The van der Waals surface area contributed by atoms with Crippen molar-refractivity contribution >= 4 is 23.4 Å². The van der Waals surface area contributed by atoms with E-state index in [1.165, 1.54) is 11.6 Å². The van der Waals surface area contributed by atoms with Crippen molar-refractivity contribution in [3.63, 3.8) is 0 Å². The van der Waals surface area contributed by atoms with Crippen LogP contribution in [-0.2, 0) is 10.2 Å². The molecule has 2 fully saturated rings. The lowest BCUT2D eigenvalue weighted by molar-refractivity contribution is -0.387. The minimum absolute atomic E-state index is 0.0411. The van der Waals surface area contributed by atoms with Gasteiger partial charge in [0, 0.05) is 29.3 Å².